The Balaban J connectivity index is 3.32. The SMILES string of the molecule is CC(C)CC(=O)C1CC1(C#C[Si](C(C)C)(C(C)C)C(C)C)C(F)(F)F. The van der Waals surface area contributed by atoms with Gasteiger partial charge >= 0.3 is 6.18 Å². The zero-order valence-corrected chi connectivity index (χ0v) is 17.8. The molecule has 2 atom stereocenters. The minimum Gasteiger partial charge on any atom is -0.299 e. The maximum absolute atomic E-state index is 13.8. The van der Waals surface area contributed by atoms with Crippen LogP contribution in [0.2, 0.25) is 16.6 Å². The lowest BCUT2D eigenvalue weighted by atomic mass is 9.97. The van der Waals surface area contributed by atoms with Gasteiger partial charge in [-0.3, -0.25) is 4.79 Å². The van der Waals surface area contributed by atoms with E-state index < -0.39 is 25.6 Å². The molecule has 0 saturated heterocycles. The summed E-state index contributed by atoms with van der Waals surface area (Å²) in [6.45, 7) is 16.2. The first kappa shape index (κ1) is 22.3. The minimum absolute atomic E-state index is 0.0717. The Bertz CT molecular complexity index is 530. The molecule has 0 N–H and O–H groups in total. The summed E-state index contributed by atoms with van der Waals surface area (Å²) in [5, 5.41) is 0. The van der Waals surface area contributed by atoms with Gasteiger partial charge in [-0.15, -0.1) is 5.54 Å². The largest absolute Gasteiger partial charge is 0.405 e. The quantitative estimate of drug-likeness (QED) is 0.389. The first-order chi connectivity index (χ1) is 11.2. The Morgan fingerprint density at radius 2 is 1.48 bits per heavy atom. The van der Waals surface area contributed by atoms with Gasteiger partial charge in [-0.1, -0.05) is 61.3 Å². The van der Waals surface area contributed by atoms with Gasteiger partial charge in [0.25, 0.3) is 0 Å². The molecular formula is C20H33F3OSi. The maximum atomic E-state index is 13.8. The number of Topliss-reactive ketones (excluding diaryl/α,β-unsaturated/α-hetero) is 1. The highest BCUT2D eigenvalue weighted by Gasteiger charge is 2.72. The fourth-order valence-corrected chi connectivity index (χ4v) is 9.68. The molecule has 0 spiro atoms. The van der Waals surface area contributed by atoms with Crippen molar-refractivity contribution in [1.29, 1.82) is 0 Å². The summed E-state index contributed by atoms with van der Waals surface area (Å²) >= 11 is 0. The Labute approximate surface area is 152 Å². The summed E-state index contributed by atoms with van der Waals surface area (Å²) in [5.74, 6) is 1.48. The number of alkyl halides is 3. The van der Waals surface area contributed by atoms with E-state index in [0.29, 0.717) is 0 Å². The number of halogens is 3. The van der Waals surface area contributed by atoms with E-state index in [0.717, 1.165) is 0 Å². The van der Waals surface area contributed by atoms with Crippen LogP contribution < -0.4 is 0 Å². The van der Waals surface area contributed by atoms with Crippen LogP contribution >= 0.6 is 0 Å². The fraction of sp³-hybridized carbons (Fsp3) is 0.850. The van der Waals surface area contributed by atoms with Gasteiger partial charge < -0.3 is 0 Å². The Morgan fingerprint density at radius 1 is 1.04 bits per heavy atom. The number of ketones is 1. The van der Waals surface area contributed by atoms with Crippen molar-refractivity contribution in [1.82, 2.24) is 0 Å². The van der Waals surface area contributed by atoms with Gasteiger partial charge in [0.1, 0.15) is 19.3 Å². The monoisotopic (exact) mass is 374 g/mol. The highest BCUT2D eigenvalue weighted by Crippen LogP contribution is 2.63. The zero-order valence-electron chi connectivity index (χ0n) is 16.8. The molecule has 0 aromatic heterocycles. The molecule has 1 aliphatic rings. The second-order valence-corrected chi connectivity index (χ2v) is 14.5. The van der Waals surface area contributed by atoms with Crippen molar-refractivity contribution >= 4 is 13.9 Å². The molecule has 0 bridgehead atoms. The van der Waals surface area contributed by atoms with Gasteiger partial charge in [-0.05, 0) is 29.0 Å². The molecule has 0 radical (unpaired) electrons. The Kier molecular flexibility index (Phi) is 6.65. The van der Waals surface area contributed by atoms with Gasteiger partial charge in [-0.25, -0.2) is 0 Å². The van der Waals surface area contributed by atoms with Crippen LogP contribution in [0, 0.1) is 28.7 Å². The summed E-state index contributed by atoms with van der Waals surface area (Å²) < 4.78 is 41.3. The first-order valence-electron chi connectivity index (χ1n) is 9.36. The third kappa shape index (κ3) is 4.15. The molecule has 0 amide bonds. The number of hydrogen-bond acceptors (Lipinski definition) is 1. The lowest BCUT2D eigenvalue weighted by Crippen LogP contribution is -2.43. The average Bonchev–Trinajstić information content (AvgIpc) is 3.13. The molecule has 25 heavy (non-hydrogen) atoms. The van der Waals surface area contributed by atoms with E-state index in [-0.39, 0.29) is 41.2 Å². The topological polar surface area (TPSA) is 17.1 Å². The van der Waals surface area contributed by atoms with Crippen LogP contribution in [-0.4, -0.2) is 20.0 Å². The number of carbonyl (C=O) groups is 1. The van der Waals surface area contributed by atoms with Gasteiger partial charge in [0.05, 0.1) is 0 Å². The summed E-state index contributed by atoms with van der Waals surface area (Å²) in [7, 11) is -2.24. The van der Waals surface area contributed by atoms with Crippen LogP contribution in [0.3, 0.4) is 0 Å². The summed E-state index contributed by atoms with van der Waals surface area (Å²) in [6, 6.07) is 0. The van der Waals surface area contributed by atoms with Gasteiger partial charge in [0.2, 0.25) is 0 Å². The van der Waals surface area contributed by atoms with Crippen molar-refractivity contribution in [3.63, 3.8) is 0 Å². The number of carbonyl (C=O) groups excluding carboxylic acids is 1. The lowest BCUT2D eigenvalue weighted by molar-refractivity contribution is -0.175. The van der Waals surface area contributed by atoms with Crippen molar-refractivity contribution in [2.75, 3.05) is 0 Å². The molecule has 1 saturated carbocycles. The molecule has 0 aromatic rings. The Morgan fingerprint density at radius 3 is 1.80 bits per heavy atom. The highest BCUT2D eigenvalue weighted by molar-refractivity contribution is 6.90. The smallest absolute Gasteiger partial charge is 0.299 e. The highest BCUT2D eigenvalue weighted by atomic mass is 28.3. The molecule has 5 heteroatoms. The molecule has 1 fully saturated rings. The van der Waals surface area contributed by atoms with Crippen LogP contribution in [0.5, 0.6) is 0 Å². The van der Waals surface area contributed by atoms with Gasteiger partial charge in [0.15, 0.2) is 0 Å². The molecular weight excluding hydrogens is 341 g/mol. The van der Waals surface area contributed by atoms with E-state index >= 15 is 0 Å². The van der Waals surface area contributed by atoms with Gasteiger partial charge in [-0.2, -0.15) is 13.2 Å². The van der Waals surface area contributed by atoms with Crippen molar-refractivity contribution in [2.45, 2.75) is 91.0 Å². The third-order valence-corrected chi connectivity index (χ3v) is 12.1. The summed E-state index contributed by atoms with van der Waals surface area (Å²) in [6.07, 6.45) is -4.40. The van der Waals surface area contributed by atoms with E-state index in [1.165, 1.54) is 0 Å². The fourth-order valence-electron chi connectivity index (χ4n) is 4.37. The van der Waals surface area contributed by atoms with E-state index in [4.69, 9.17) is 0 Å². The third-order valence-electron chi connectivity index (χ3n) is 5.83. The minimum atomic E-state index is -4.44. The van der Waals surface area contributed by atoms with E-state index in [2.05, 4.69) is 53.0 Å². The molecule has 1 nitrogen and oxygen atoms in total. The van der Waals surface area contributed by atoms with Crippen LogP contribution in [-0.2, 0) is 4.79 Å². The maximum Gasteiger partial charge on any atom is 0.405 e. The molecule has 1 aliphatic carbocycles. The predicted octanol–water partition coefficient (Wildman–Crippen LogP) is 6.39. The number of hydrogen-bond donors (Lipinski definition) is 0. The number of rotatable bonds is 6. The van der Waals surface area contributed by atoms with Crippen molar-refractivity contribution in [3.8, 4) is 11.5 Å². The van der Waals surface area contributed by atoms with Crippen molar-refractivity contribution in [2.24, 2.45) is 17.3 Å². The summed E-state index contributed by atoms with van der Waals surface area (Å²) in [5.41, 5.74) is 1.91. The second kappa shape index (κ2) is 7.46. The normalized spacial score (nSPS) is 24.0. The molecule has 0 heterocycles. The van der Waals surface area contributed by atoms with Crippen molar-refractivity contribution < 1.29 is 18.0 Å². The van der Waals surface area contributed by atoms with Gasteiger partial charge in [0, 0.05) is 12.3 Å². The zero-order chi connectivity index (χ0) is 19.8. The van der Waals surface area contributed by atoms with E-state index in [9.17, 15) is 18.0 Å². The second-order valence-electron chi connectivity index (χ2n) is 8.94. The molecule has 2 unspecified atom stereocenters. The Hall–Kier alpha value is -0.763. The standard InChI is InChI=1S/C20H33F3OSi/c1-13(2)11-18(24)17-12-19(17,20(21,22)23)9-10-25(14(3)4,15(5)6)16(7)8/h13-17H,11-12H2,1-8H3. The van der Waals surface area contributed by atoms with Crippen molar-refractivity contribution in [3.05, 3.63) is 0 Å². The molecule has 0 aliphatic heterocycles. The van der Waals surface area contributed by atoms with Crippen LogP contribution in [0.15, 0.2) is 0 Å². The lowest BCUT2D eigenvalue weighted by Gasteiger charge is -2.38. The summed E-state index contributed by atoms with van der Waals surface area (Å²) in [4.78, 5) is 12.2. The van der Waals surface area contributed by atoms with E-state index in [1.807, 2.05) is 13.8 Å². The first-order valence-corrected chi connectivity index (χ1v) is 11.6. The molecule has 144 valence electrons. The van der Waals surface area contributed by atoms with Crippen LogP contribution in [0.25, 0.3) is 0 Å². The average molecular weight is 375 g/mol. The predicted molar refractivity (Wildman–Crippen MR) is 99.9 cm³/mol. The molecule has 1 rings (SSSR count). The van der Waals surface area contributed by atoms with Crippen LogP contribution in [0.1, 0.15) is 68.2 Å². The van der Waals surface area contributed by atoms with Crippen LogP contribution in [0.4, 0.5) is 13.2 Å². The van der Waals surface area contributed by atoms with E-state index in [1.54, 1.807) is 0 Å². The molecule has 0 aromatic carbocycles.